The number of hydrogen-bond acceptors (Lipinski definition) is 5. The number of aliphatic hydroxyl groups is 1. The van der Waals surface area contributed by atoms with Gasteiger partial charge in [0.2, 0.25) is 0 Å². The van der Waals surface area contributed by atoms with E-state index >= 15 is 0 Å². The summed E-state index contributed by atoms with van der Waals surface area (Å²) in [6, 6.07) is 15.7. The predicted molar refractivity (Wildman–Crippen MR) is 96.5 cm³/mol. The van der Waals surface area contributed by atoms with Crippen LogP contribution in [-0.2, 0) is 16.1 Å². The van der Waals surface area contributed by atoms with Crippen molar-refractivity contribution in [2.45, 2.75) is 25.6 Å². The van der Waals surface area contributed by atoms with Crippen molar-refractivity contribution in [3.63, 3.8) is 0 Å². The number of hydrogen-bond donors (Lipinski definition) is 2. The summed E-state index contributed by atoms with van der Waals surface area (Å²) in [7, 11) is 0. The number of rotatable bonds is 7. The molecule has 0 heterocycles. The molecule has 2 aromatic rings. The fourth-order valence-electron chi connectivity index (χ4n) is 2.79. The summed E-state index contributed by atoms with van der Waals surface area (Å²) in [5, 5.41) is 29.7. The van der Waals surface area contributed by atoms with Gasteiger partial charge in [0.25, 0.3) is 0 Å². The average molecular weight is 368 g/mol. The minimum Gasteiger partial charge on any atom is -0.465 e. The van der Waals surface area contributed by atoms with Crippen LogP contribution >= 0.6 is 0 Å². The predicted octanol–water partition coefficient (Wildman–Crippen LogP) is 2.70. The number of benzene rings is 2. The molecule has 2 aromatic carbocycles. The molecule has 2 atom stereocenters. The molecule has 0 bridgehead atoms. The maximum atomic E-state index is 12.2. The number of aliphatic hydroxyl groups excluding tert-OH is 1. The molecule has 0 aliphatic carbocycles. The topological polar surface area (TPSA) is 111 Å². The summed E-state index contributed by atoms with van der Waals surface area (Å²) >= 11 is 0. The number of nitrogens with zero attached hydrogens (tertiary/aromatic N) is 2. The lowest BCUT2D eigenvalue weighted by atomic mass is 9.95. The van der Waals surface area contributed by atoms with Gasteiger partial charge in [0.1, 0.15) is 0 Å². The van der Waals surface area contributed by atoms with E-state index in [2.05, 4.69) is 0 Å². The highest BCUT2D eigenvalue weighted by molar-refractivity contribution is 5.77. The zero-order chi connectivity index (χ0) is 19.8. The fraction of sp³-hybridized carbons (Fsp3) is 0.250. The maximum Gasteiger partial charge on any atom is 0.408 e. The summed E-state index contributed by atoms with van der Waals surface area (Å²) in [6.45, 7) is 1.55. The molecule has 0 aromatic heterocycles. The first kappa shape index (κ1) is 19.9. The van der Waals surface area contributed by atoms with E-state index in [1.165, 1.54) is 12.1 Å². The highest BCUT2D eigenvalue weighted by atomic mass is 16.5. The maximum absolute atomic E-state index is 12.2. The standard InChI is InChI=1S/C20H20N2O5/c1-2-27-19(24)18(23)17(16-11-7-6-10-15(16)12-21)22(20(25)26)13-14-8-4-3-5-9-14/h3-11,17-18,23H,2,13H2,1H3,(H,25,26)/t17-,18+/m1/s1. The molecular formula is C20H20N2O5. The Balaban J connectivity index is 2.53. The minimum atomic E-state index is -1.78. The Hall–Kier alpha value is -3.37. The second-order valence-corrected chi connectivity index (χ2v) is 5.74. The van der Waals surface area contributed by atoms with E-state index in [1.54, 1.807) is 49.4 Å². The van der Waals surface area contributed by atoms with Crippen LogP contribution in [0.4, 0.5) is 4.79 Å². The molecule has 1 amide bonds. The highest BCUT2D eigenvalue weighted by Crippen LogP contribution is 2.30. The SMILES string of the molecule is CCOC(=O)[C@@H](O)[C@@H](c1ccccc1C#N)N(Cc1ccccc1)C(=O)O. The average Bonchev–Trinajstić information content (AvgIpc) is 2.68. The number of nitriles is 1. The number of ether oxygens (including phenoxy) is 1. The second-order valence-electron chi connectivity index (χ2n) is 5.74. The van der Waals surface area contributed by atoms with Crippen LogP contribution in [0.1, 0.15) is 29.7 Å². The number of esters is 1. The second kappa shape index (κ2) is 9.36. The minimum absolute atomic E-state index is 0.0360. The first-order valence-corrected chi connectivity index (χ1v) is 8.36. The van der Waals surface area contributed by atoms with Crippen molar-refractivity contribution in [3.8, 4) is 6.07 Å². The molecule has 7 nitrogen and oxygen atoms in total. The number of carboxylic acid groups (broad SMARTS) is 1. The van der Waals surface area contributed by atoms with Gasteiger partial charge in [0.15, 0.2) is 6.10 Å². The molecule has 0 aliphatic rings. The lowest BCUT2D eigenvalue weighted by Gasteiger charge is -2.32. The molecule has 0 unspecified atom stereocenters. The molecule has 0 spiro atoms. The van der Waals surface area contributed by atoms with Crippen LogP contribution in [0, 0.1) is 11.3 Å². The van der Waals surface area contributed by atoms with Crippen LogP contribution < -0.4 is 0 Å². The molecule has 2 rings (SSSR count). The molecule has 0 radical (unpaired) electrons. The van der Waals surface area contributed by atoms with E-state index in [0.717, 1.165) is 4.90 Å². The van der Waals surface area contributed by atoms with Gasteiger partial charge in [-0.1, -0.05) is 48.5 Å². The van der Waals surface area contributed by atoms with Crippen LogP contribution in [0.5, 0.6) is 0 Å². The smallest absolute Gasteiger partial charge is 0.408 e. The van der Waals surface area contributed by atoms with Crippen molar-refractivity contribution in [1.82, 2.24) is 4.90 Å². The molecule has 0 saturated heterocycles. The molecule has 0 saturated carbocycles. The number of carbonyl (C=O) groups excluding carboxylic acids is 1. The summed E-state index contributed by atoms with van der Waals surface area (Å²) < 4.78 is 4.87. The van der Waals surface area contributed by atoms with E-state index in [4.69, 9.17) is 4.74 Å². The van der Waals surface area contributed by atoms with Crippen molar-refractivity contribution in [1.29, 1.82) is 5.26 Å². The quantitative estimate of drug-likeness (QED) is 0.727. The van der Waals surface area contributed by atoms with Gasteiger partial charge in [0.05, 0.1) is 24.3 Å². The van der Waals surface area contributed by atoms with Gasteiger partial charge < -0.3 is 14.9 Å². The zero-order valence-corrected chi connectivity index (χ0v) is 14.8. The zero-order valence-electron chi connectivity index (χ0n) is 14.8. The third-order valence-electron chi connectivity index (χ3n) is 4.00. The van der Waals surface area contributed by atoms with E-state index in [1.807, 2.05) is 6.07 Å². The van der Waals surface area contributed by atoms with Crippen LogP contribution in [0.25, 0.3) is 0 Å². The normalized spacial score (nSPS) is 12.5. The summed E-state index contributed by atoms with van der Waals surface area (Å²) in [4.78, 5) is 25.1. The van der Waals surface area contributed by atoms with Crippen molar-refractivity contribution in [2.75, 3.05) is 6.61 Å². The van der Waals surface area contributed by atoms with Crippen LogP contribution in [-0.4, -0.2) is 39.9 Å². The summed E-state index contributed by atoms with van der Waals surface area (Å²) in [5.41, 5.74) is 1.08. The van der Waals surface area contributed by atoms with Crippen molar-refractivity contribution < 1.29 is 24.5 Å². The number of amides is 1. The first-order chi connectivity index (χ1) is 13.0. The van der Waals surface area contributed by atoms with Gasteiger partial charge >= 0.3 is 12.1 Å². The Bertz CT molecular complexity index is 832. The molecule has 0 fully saturated rings. The fourth-order valence-corrected chi connectivity index (χ4v) is 2.79. The molecular weight excluding hydrogens is 348 g/mol. The molecule has 140 valence electrons. The Kier molecular flexibility index (Phi) is 6.92. The lowest BCUT2D eigenvalue weighted by Crippen LogP contribution is -2.43. The van der Waals surface area contributed by atoms with Gasteiger partial charge in [-0.05, 0) is 24.1 Å². The lowest BCUT2D eigenvalue weighted by molar-refractivity contribution is -0.156. The van der Waals surface area contributed by atoms with Crippen LogP contribution in [0.15, 0.2) is 54.6 Å². The number of carbonyl (C=O) groups is 2. The Labute approximate surface area is 157 Å². The highest BCUT2D eigenvalue weighted by Gasteiger charge is 2.37. The van der Waals surface area contributed by atoms with Gasteiger partial charge in [-0.25, -0.2) is 9.59 Å². The molecule has 27 heavy (non-hydrogen) atoms. The Morgan fingerprint density at radius 3 is 2.37 bits per heavy atom. The van der Waals surface area contributed by atoms with Crippen LogP contribution in [0.3, 0.4) is 0 Å². The first-order valence-electron chi connectivity index (χ1n) is 8.36. The third-order valence-corrected chi connectivity index (χ3v) is 4.00. The van der Waals surface area contributed by atoms with Crippen LogP contribution in [0.2, 0.25) is 0 Å². The molecule has 2 N–H and O–H groups in total. The van der Waals surface area contributed by atoms with E-state index < -0.39 is 24.2 Å². The van der Waals surface area contributed by atoms with Gasteiger partial charge in [-0.2, -0.15) is 5.26 Å². The van der Waals surface area contributed by atoms with Gasteiger partial charge in [-0.3, -0.25) is 4.90 Å². The Morgan fingerprint density at radius 1 is 1.15 bits per heavy atom. The molecule has 7 heteroatoms. The van der Waals surface area contributed by atoms with E-state index in [-0.39, 0.29) is 24.3 Å². The largest absolute Gasteiger partial charge is 0.465 e. The molecule has 0 aliphatic heterocycles. The summed E-state index contributed by atoms with van der Waals surface area (Å²) in [5.74, 6) is -0.949. The summed E-state index contributed by atoms with van der Waals surface area (Å²) in [6.07, 6.45) is -3.11. The van der Waals surface area contributed by atoms with E-state index in [0.29, 0.717) is 5.56 Å². The third kappa shape index (κ3) is 4.84. The van der Waals surface area contributed by atoms with Gasteiger partial charge in [0, 0.05) is 6.54 Å². The van der Waals surface area contributed by atoms with Gasteiger partial charge in [-0.15, -0.1) is 0 Å². The van der Waals surface area contributed by atoms with Crippen molar-refractivity contribution in [2.24, 2.45) is 0 Å². The Morgan fingerprint density at radius 2 is 1.78 bits per heavy atom. The van der Waals surface area contributed by atoms with Crippen molar-refractivity contribution in [3.05, 3.63) is 71.3 Å². The van der Waals surface area contributed by atoms with Crippen molar-refractivity contribution >= 4 is 12.1 Å². The monoisotopic (exact) mass is 368 g/mol. The van der Waals surface area contributed by atoms with E-state index in [9.17, 15) is 25.1 Å².